The summed E-state index contributed by atoms with van der Waals surface area (Å²) < 4.78 is 15.0. The molecule has 0 fully saturated rings. The molecule has 2 heterocycles. The summed E-state index contributed by atoms with van der Waals surface area (Å²) in [6, 6.07) is 17.5. The standard InChI is InChI=1S/C24H23FN4OS/c1-3-21(23(30)26-19-8-5-4-7-16(19)2)29-14-6-9-20-22(29)28-24(27-20)31-15-17-10-12-18(25)13-11-17/h4-14,21H,3,15H2,1-2H3,(H,26,30)/t21-/m0/s1. The molecule has 2 aromatic carbocycles. The molecule has 0 spiro atoms. The number of imidazole rings is 1. The zero-order chi connectivity index (χ0) is 21.8. The maximum atomic E-state index is 13.1. The molecule has 31 heavy (non-hydrogen) atoms. The van der Waals surface area contributed by atoms with E-state index in [9.17, 15) is 9.18 Å². The molecular formula is C24H23FN4OS. The average Bonchev–Trinajstić information content (AvgIpc) is 3.19. The lowest BCUT2D eigenvalue weighted by Crippen LogP contribution is -2.27. The molecule has 5 nitrogen and oxygen atoms in total. The molecule has 1 atom stereocenters. The van der Waals surface area contributed by atoms with E-state index in [-0.39, 0.29) is 11.7 Å². The van der Waals surface area contributed by atoms with Crippen molar-refractivity contribution in [2.75, 3.05) is 5.32 Å². The van der Waals surface area contributed by atoms with Crippen LogP contribution in [-0.2, 0) is 10.5 Å². The number of rotatable bonds is 7. The second-order valence-electron chi connectivity index (χ2n) is 7.27. The number of carbonyl (C=O) groups is 1. The number of nitrogens with one attached hydrogen (secondary N) is 1. The molecule has 0 unspecified atom stereocenters. The summed E-state index contributed by atoms with van der Waals surface area (Å²) >= 11 is 1.49. The van der Waals surface area contributed by atoms with Gasteiger partial charge in [0.25, 0.3) is 0 Å². The maximum Gasteiger partial charge on any atom is 0.247 e. The van der Waals surface area contributed by atoms with Gasteiger partial charge in [-0.25, -0.2) is 14.4 Å². The van der Waals surface area contributed by atoms with E-state index in [1.807, 2.05) is 61.0 Å². The van der Waals surface area contributed by atoms with Gasteiger partial charge in [0.1, 0.15) is 17.6 Å². The molecule has 0 radical (unpaired) electrons. The molecule has 7 heteroatoms. The number of aryl methyl sites for hydroxylation is 1. The van der Waals surface area contributed by atoms with E-state index in [0.29, 0.717) is 23.2 Å². The number of thioether (sulfide) groups is 1. The molecule has 0 saturated carbocycles. The first-order chi connectivity index (χ1) is 15.0. The summed E-state index contributed by atoms with van der Waals surface area (Å²) in [7, 11) is 0. The lowest BCUT2D eigenvalue weighted by molar-refractivity contribution is -0.119. The summed E-state index contributed by atoms with van der Waals surface area (Å²) in [6.45, 7) is 3.95. The Labute approximate surface area is 185 Å². The first-order valence-corrected chi connectivity index (χ1v) is 11.1. The van der Waals surface area contributed by atoms with Crippen molar-refractivity contribution in [2.24, 2.45) is 0 Å². The lowest BCUT2D eigenvalue weighted by atomic mass is 10.1. The van der Waals surface area contributed by atoms with E-state index in [2.05, 4.69) is 15.3 Å². The molecule has 158 valence electrons. The molecule has 2 aliphatic rings. The molecule has 2 aromatic rings. The Hall–Kier alpha value is -3.19. The molecular weight excluding hydrogens is 411 g/mol. The quantitative estimate of drug-likeness (QED) is 0.378. The number of carbonyl (C=O) groups excluding carboxylic acids is 1. The van der Waals surface area contributed by atoms with Gasteiger partial charge in [-0.2, -0.15) is 0 Å². The van der Waals surface area contributed by atoms with Crippen molar-refractivity contribution in [1.82, 2.24) is 14.5 Å². The van der Waals surface area contributed by atoms with Crippen LogP contribution < -0.4 is 5.32 Å². The Kier molecular flexibility index (Phi) is 6.32. The predicted molar refractivity (Wildman–Crippen MR) is 122 cm³/mol. The van der Waals surface area contributed by atoms with Crippen molar-refractivity contribution in [1.29, 1.82) is 0 Å². The Balaban J connectivity index is 1.55. The maximum absolute atomic E-state index is 13.1. The minimum absolute atomic E-state index is 0.0854. The monoisotopic (exact) mass is 434 g/mol. The van der Waals surface area contributed by atoms with E-state index in [0.717, 1.165) is 22.5 Å². The number of hydrogen-bond donors (Lipinski definition) is 1. The Morgan fingerprint density at radius 3 is 2.61 bits per heavy atom. The van der Waals surface area contributed by atoms with Crippen LogP contribution in [-0.4, -0.2) is 20.4 Å². The zero-order valence-electron chi connectivity index (χ0n) is 17.4. The van der Waals surface area contributed by atoms with Gasteiger partial charge in [0.2, 0.25) is 5.91 Å². The van der Waals surface area contributed by atoms with Gasteiger partial charge in [-0.05, 0) is 54.8 Å². The average molecular weight is 435 g/mol. The molecule has 0 bridgehead atoms. The molecule has 0 saturated heterocycles. The van der Waals surface area contributed by atoms with Crippen molar-refractivity contribution in [2.45, 2.75) is 37.2 Å². The second-order valence-corrected chi connectivity index (χ2v) is 8.22. The van der Waals surface area contributed by atoms with Crippen molar-refractivity contribution >= 4 is 23.4 Å². The lowest BCUT2D eigenvalue weighted by Gasteiger charge is -2.21. The highest BCUT2D eigenvalue weighted by Gasteiger charge is 2.24. The highest BCUT2D eigenvalue weighted by Crippen LogP contribution is 2.29. The van der Waals surface area contributed by atoms with Gasteiger partial charge in [0.15, 0.2) is 11.0 Å². The van der Waals surface area contributed by atoms with Crippen LogP contribution >= 0.6 is 11.8 Å². The normalized spacial score (nSPS) is 12.1. The SMILES string of the molecule is CC[C@@H](C(=O)Nc1ccccc1C)n1cccc2nc(SCc3ccc(F)cc3)nc1-2. The number of hydrogen-bond acceptors (Lipinski definition) is 4. The largest absolute Gasteiger partial charge is 0.324 e. The number of amides is 1. The number of nitrogens with zero attached hydrogens (tertiary/aromatic N) is 3. The highest BCUT2D eigenvalue weighted by atomic mass is 32.2. The molecule has 2 aliphatic heterocycles. The van der Waals surface area contributed by atoms with Crippen molar-refractivity contribution in [3.63, 3.8) is 0 Å². The van der Waals surface area contributed by atoms with Crippen molar-refractivity contribution in [3.8, 4) is 11.5 Å². The Bertz CT molecular complexity index is 1160. The van der Waals surface area contributed by atoms with E-state index >= 15 is 0 Å². The Morgan fingerprint density at radius 1 is 1.10 bits per heavy atom. The molecule has 4 rings (SSSR count). The number of para-hydroxylation sites is 1. The van der Waals surface area contributed by atoms with E-state index in [1.165, 1.54) is 23.9 Å². The van der Waals surface area contributed by atoms with Crippen LogP contribution in [0.1, 0.15) is 30.5 Å². The predicted octanol–water partition coefficient (Wildman–Crippen LogP) is 5.71. The smallest absolute Gasteiger partial charge is 0.247 e. The summed E-state index contributed by atoms with van der Waals surface area (Å²) in [5.74, 6) is 0.982. The third kappa shape index (κ3) is 4.77. The van der Waals surface area contributed by atoms with Gasteiger partial charge in [-0.3, -0.25) is 4.79 Å². The first-order valence-electron chi connectivity index (χ1n) is 10.1. The number of benzene rings is 2. The summed E-state index contributed by atoms with van der Waals surface area (Å²) in [4.78, 5) is 22.4. The van der Waals surface area contributed by atoms with Gasteiger partial charge in [-0.1, -0.05) is 49.0 Å². The fourth-order valence-electron chi connectivity index (χ4n) is 3.41. The van der Waals surface area contributed by atoms with Crippen LogP contribution in [0.3, 0.4) is 0 Å². The van der Waals surface area contributed by atoms with E-state index in [1.54, 1.807) is 12.1 Å². The highest BCUT2D eigenvalue weighted by molar-refractivity contribution is 7.98. The van der Waals surface area contributed by atoms with Gasteiger partial charge in [-0.15, -0.1) is 0 Å². The van der Waals surface area contributed by atoms with Crippen molar-refractivity contribution < 1.29 is 9.18 Å². The minimum atomic E-state index is -0.407. The van der Waals surface area contributed by atoms with Crippen LogP contribution in [0.4, 0.5) is 10.1 Å². The summed E-state index contributed by atoms with van der Waals surface area (Å²) in [6.07, 6.45) is 2.49. The fourth-order valence-corrected chi connectivity index (χ4v) is 4.21. The molecule has 0 aliphatic carbocycles. The third-order valence-corrected chi connectivity index (χ3v) is 6.02. The topological polar surface area (TPSA) is 59.8 Å². The molecule has 1 amide bonds. The van der Waals surface area contributed by atoms with Crippen LogP contribution in [0.25, 0.3) is 11.5 Å². The van der Waals surface area contributed by atoms with Gasteiger partial charge in [0, 0.05) is 17.6 Å². The third-order valence-electron chi connectivity index (χ3n) is 5.10. The van der Waals surface area contributed by atoms with Crippen LogP contribution in [0, 0.1) is 12.7 Å². The second kappa shape index (κ2) is 9.31. The molecule has 0 aromatic heterocycles. The summed E-state index contributed by atoms with van der Waals surface area (Å²) in [5, 5.41) is 3.67. The number of pyridine rings is 1. The van der Waals surface area contributed by atoms with Gasteiger partial charge < -0.3 is 9.88 Å². The van der Waals surface area contributed by atoms with Crippen LogP contribution in [0.5, 0.6) is 0 Å². The number of fused-ring (bicyclic) bond motifs is 1. The molecule has 1 N–H and O–H groups in total. The van der Waals surface area contributed by atoms with Crippen LogP contribution in [0.2, 0.25) is 0 Å². The number of halogens is 1. The van der Waals surface area contributed by atoms with Gasteiger partial charge >= 0.3 is 0 Å². The van der Waals surface area contributed by atoms with Gasteiger partial charge in [0.05, 0.1) is 0 Å². The summed E-state index contributed by atoms with van der Waals surface area (Å²) in [5.41, 5.74) is 3.56. The number of aromatic nitrogens is 3. The zero-order valence-corrected chi connectivity index (χ0v) is 18.2. The van der Waals surface area contributed by atoms with Crippen molar-refractivity contribution in [3.05, 3.63) is 83.8 Å². The van der Waals surface area contributed by atoms with E-state index < -0.39 is 6.04 Å². The number of anilines is 1. The minimum Gasteiger partial charge on any atom is -0.324 e. The first kappa shape index (κ1) is 21.1. The van der Waals surface area contributed by atoms with E-state index in [4.69, 9.17) is 0 Å². The fraction of sp³-hybridized carbons (Fsp3) is 0.208. The van der Waals surface area contributed by atoms with Crippen LogP contribution in [0.15, 0.2) is 72.0 Å². The Morgan fingerprint density at radius 2 is 1.87 bits per heavy atom.